The molecular formula is C24H25NO3. The molecule has 3 aromatic rings. The summed E-state index contributed by atoms with van der Waals surface area (Å²) in [7, 11) is 0. The number of ether oxygens (including phenoxy) is 1. The van der Waals surface area contributed by atoms with Gasteiger partial charge in [-0.3, -0.25) is 10.1 Å². The third kappa shape index (κ3) is 4.85. The minimum Gasteiger partial charge on any atom is -0.465 e. The molecule has 3 rings (SSSR count). The first-order valence-electron chi connectivity index (χ1n) is 9.46. The van der Waals surface area contributed by atoms with Crippen LogP contribution in [0, 0.1) is 0 Å². The average Bonchev–Trinajstić information content (AvgIpc) is 2.76. The second-order valence-corrected chi connectivity index (χ2v) is 6.51. The Balaban J connectivity index is 1.96. The fourth-order valence-electron chi connectivity index (χ4n) is 3.22. The van der Waals surface area contributed by atoms with Gasteiger partial charge >= 0.3 is 5.97 Å². The molecule has 2 atom stereocenters. The second-order valence-electron chi connectivity index (χ2n) is 6.51. The zero-order valence-corrected chi connectivity index (χ0v) is 15.9. The van der Waals surface area contributed by atoms with Crippen molar-refractivity contribution < 1.29 is 14.6 Å². The average molecular weight is 375 g/mol. The lowest BCUT2D eigenvalue weighted by molar-refractivity contribution is -0.149. The summed E-state index contributed by atoms with van der Waals surface area (Å²) in [4.78, 5) is 12.7. The number of hydrogen-bond donors (Lipinski definition) is 2. The lowest BCUT2D eigenvalue weighted by Crippen LogP contribution is -2.45. The Hall–Kier alpha value is -2.95. The molecule has 0 aliphatic rings. The maximum Gasteiger partial charge on any atom is 0.326 e. The fourth-order valence-corrected chi connectivity index (χ4v) is 3.22. The monoisotopic (exact) mass is 375 g/mol. The standard InChI is InChI=1S/C24H25NO3/c1-2-28-24(27)22(23(26)20-16-10-5-11-17-20)25-21(18-12-6-3-7-13-18)19-14-8-4-9-15-19/h3-17,21-23,25-26H,2H2,1H3/t22-,23+/m0/s1. The van der Waals surface area contributed by atoms with Gasteiger partial charge in [0.05, 0.1) is 12.6 Å². The van der Waals surface area contributed by atoms with Crippen molar-refractivity contribution in [3.8, 4) is 0 Å². The minimum atomic E-state index is -1.03. The van der Waals surface area contributed by atoms with Crippen LogP contribution in [0.2, 0.25) is 0 Å². The van der Waals surface area contributed by atoms with Gasteiger partial charge in [0, 0.05) is 0 Å². The Labute approximate surface area is 165 Å². The number of aliphatic hydroxyl groups is 1. The molecule has 28 heavy (non-hydrogen) atoms. The summed E-state index contributed by atoms with van der Waals surface area (Å²) in [6.45, 7) is 2.01. The topological polar surface area (TPSA) is 58.6 Å². The molecule has 0 saturated heterocycles. The smallest absolute Gasteiger partial charge is 0.326 e. The van der Waals surface area contributed by atoms with Crippen molar-refractivity contribution in [2.45, 2.75) is 25.1 Å². The summed E-state index contributed by atoms with van der Waals surface area (Å²) in [6, 6.07) is 27.7. The SMILES string of the molecule is CCOC(=O)[C@@H](NC(c1ccccc1)c1ccccc1)[C@H](O)c1ccccc1. The molecule has 0 bridgehead atoms. The van der Waals surface area contributed by atoms with Crippen molar-refractivity contribution in [3.63, 3.8) is 0 Å². The third-order valence-electron chi connectivity index (χ3n) is 4.61. The zero-order valence-electron chi connectivity index (χ0n) is 15.9. The van der Waals surface area contributed by atoms with Gasteiger partial charge in [0.2, 0.25) is 0 Å². The largest absolute Gasteiger partial charge is 0.465 e. The van der Waals surface area contributed by atoms with E-state index in [1.54, 1.807) is 19.1 Å². The molecule has 0 unspecified atom stereocenters. The van der Waals surface area contributed by atoms with E-state index in [0.717, 1.165) is 11.1 Å². The van der Waals surface area contributed by atoms with Gasteiger partial charge in [0.15, 0.2) is 0 Å². The summed E-state index contributed by atoms with van der Waals surface area (Å²) in [5, 5.41) is 14.3. The fraction of sp³-hybridized carbons (Fsp3) is 0.208. The van der Waals surface area contributed by atoms with Gasteiger partial charge in [-0.05, 0) is 23.6 Å². The van der Waals surface area contributed by atoms with Crippen LogP contribution in [0.3, 0.4) is 0 Å². The van der Waals surface area contributed by atoms with Crippen molar-refractivity contribution >= 4 is 5.97 Å². The molecule has 3 aromatic carbocycles. The van der Waals surface area contributed by atoms with E-state index < -0.39 is 18.1 Å². The molecule has 0 fully saturated rings. The number of carbonyl (C=O) groups excluding carboxylic acids is 1. The van der Waals surface area contributed by atoms with Crippen molar-refractivity contribution in [1.29, 1.82) is 0 Å². The number of benzene rings is 3. The van der Waals surface area contributed by atoms with Crippen LogP contribution in [0.25, 0.3) is 0 Å². The number of nitrogens with one attached hydrogen (secondary N) is 1. The van der Waals surface area contributed by atoms with Gasteiger partial charge in [-0.25, -0.2) is 0 Å². The van der Waals surface area contributed by atoms with E-state index in [0.29, 0.717) is 5.56 Å². The summed E-state index contributed by atoms with van der Waals surface area (Å²) >= 11 is 0. The molecule has 0 spiro atoms. The lowest BCUT2D eigenvalue weighted by Gasteiger charge is -2.28. The zero-order chi connectivity index (χ0) is 19.8. The molecular weight excluding hydrogens is 350 g/mol. The Bertz CT molecular complexity index is 813. The van der Waals surface area contributed by atoms with Crippen LogP contribution in [0.5, 0.6) is 0 Å². The van der Waals surface area contributed by atoms with E-state index in [4.69, 9.17) is 4.74 Å². The Morgan fingerprint density at radius 3 is 1.68 bits per heavy atom. The van der Waals surface area contributed by atoms with Gasteiger partial charge in [0.25, 0.3) is 0 Å². The highest BCUT2D eigenvalue weighted by molar-refractivity contribution is 5.77. The molecule has 0 radical (unpaired) electrons. The maximum atomic E-state index is 12.7. The van der Waals surface area contributed by atoms with Gasteiger partial charge in [-0.2, -0.15) is 0 Å². The second kappa shape index (κ2) is 9.83. The van der Waals surface area contributed by atoms with E-state index in [2.05, 4.69) is 5.32 Å². The molecule has 0 amide bonds. The van der Waals surface area contributed by atoms with Gasteiger partial charge < -0.3 is 9.84 Å². The van der Waals surface area contributed by atoms with E-state index in [-0.39, 0.29) is 12.6 Å². The first-order chi connectivity index (χ1) is 13.7. The highest BCUT2D eigenvalue weighted by atomic mass is 16.5. The number of hydrogen-bond acceptors (Lipinski definition) is 4. The van der Waals surface area contributed by atoms with Crippen molar-refractivity contribution in [2.24, 2.45) is 0 Å². The summed E-state index contributed by atoms with van der Waals surface area (Å²) < 4.78 is 5.26. The number of aliphatic hydroxyl groups excluding tert-OH is 1. The van der Waals surface area contributed by atoms with E-state index in [9.17, 15) is 9.90 Å². The Morgan fingerprint density at radius 1 is 0.821 bits per heavy atom. The first-order valence-corrected chi connectivity index (χ1v) is 9.46. The van der Waals surface area contributed by atoms with Crippen molar-refractivity contribution in [1.82, 2.24) is 5.32 Å². The van der Waals surface area contributed by atoms with Gasteiger partial charge in [-0.1, -0.05) is 91.0 Å². The minimum absolute atomic E-state index is 0.250. The van der Waals surface area contributed by atoms with Crippen LogP contribution in [0.4, 0.5) is 0 Å². The van der Waals surface area contributed by atoms with Gasteiger partial charge in [0.1, 0.15) is 12.1 Å². The van der Waals surface area contributed by atoms with E-state index in [1.165, 1.54) is 0 Å². The van der Waals surface area contributed by atoms with E-state index in [1.807, 2.05) is 78.9 Å². The van der Waals surface area contributed by atoms with Crippen molar-refractivity contribution in [3.05, 3.63) is 108 Å². The number of rotatable bonds is 8. The molecule has 0 saturated carbocycles. The van der Waals surface area contributed by atoms with Crippen LogP contribution >= 0.6 is 0 Å². The Morgan fingerprint density at radius 2 is 1.25 bits per heavy atom. The first kappa shape index (κ1) is 19.8. The molecule has 0 aliphatic carbocycles. The third-order valence-corrected chi connectivity index (χ3v) is 4.61. The molecule has 0 heterocycles. The molecule has 0 aliphatic heterocycles. The highest BCUT2D eigenvalue weighted by Crippen LogP contribution is 2.26. The van der Waals surface area contributed by atoms with Crippen LogP contribution in [-0.4, -0.2) is 23.7 Å². The van der Waals surface area contributed by atoms with Gasteiger partial charge in [-0.15, -0.1) is 0 Å². The Kier molecular flexibility index (Phi) is 6.95. The predicted molar refractivity (Wildman–Crippen MR) is 110 cm³/mol. The van der Waals surface area contributed by atoms with E-state index >= 15 is 0 Å². The normalized spacial score (nSPS) is 13.1. The van der Waals surface area contributed by atoms with Crippen molar-refractivity contribution in [2.75, 3.05) is 6.61 Å². The van der Waals surface area contributed by atoms with Crippen LogP contribution in [0.1, 0.15) is 35.8 Å². The summed E-state index contributed by atoms with van der Waals surface area (Å²) in [5.41, 5.74) is 2.67. The van der Waals surface area contributed by atoms with Crippen LogP contribution in [-0.2, 0) is 9.53 Å². The lowest BCUT2D eigenvalue weighted by atomic mass is 9.95. The molecule has 0 aromatic heterocycles. The summed E-state index contributed by atoms with van der Waals surface area (Å²) in [6.07, 6.45) is -1.03. The van der Waals surface area contributed by atoms with Crippen LogP contribution < -0.4 is 5.32 Å². The highest BCUT2D eigenvalue weighted by Gasteiger charge is 2.32. The maximum absolute atomic E-state index is 12.7. The molecule has 4 nitrogen and oxygen atoms in total. The number of carbonyl (C=O) groups is 1. The quantitative estimate of drug-likeness (QED) is 0.584. The molecule has 4 heteroatoms. The summed E-state index contributed by atoms with van der Waals surface area (Å²) in [5.74, 6) is -0.476. The number of esters is 1. The molecule has 2 N–H and O–H groups in total. The molecule has 144 valence electrons. The predicted octanol–water partition coefficient (Wildman–Crippen LogP) is 4.03. The van der Waals surface area contributed by atoms with Crippen LogP contribution in [0.15, 0.2) is 91.0 Å².